The third kappa shape index (κ3) is 4.35. The van der Waals surface area contributed by atoms with Crippen LogP contribution in [0, 0.1) is 19.8 Å². The average molecular weight is 412 g/mol. The first-order chi connectivity index (χ1) is 13.6. The Morgan fingerprint density at radius 3 is 2.48 bits per heavy atom. The molecule has 0 aromatic carbocycles. The van der Waals surface area contributed by atoms with Crippen LogP contribution in [0.1, 0.15) is 36.7 Å². The molecule has 158 valence electrons. The van der Waals surface area contributed by atoms with Gasteiger partial charge in [-0.3, -0.25) is 9.59 Å². The first-order valence-electron chi connectivity index (χ1n) is 9.48. The summed E-state index contributed by atoms with van der Waals surface area (Å²) in [5.74, 6) is -0.758. The summed E-state index contributed by atoms with van der Waals surface area (Å²) < 4.78 is 46.5. The van der Waals surface area contributed by atoms with E-state index in [9.17, 15) is 22.8 Å². The van der Waals surface area contributed by atoms with Crippen LogP contribution in [0.5, 0.6) is 0 Å². The van der Waals surface area contributed by atoms with E-state index in [1.165, 1.54) is 18.5 Å². The van der Waals surface area contributed by atoms with Crippen molar-refractivity contribution in [2.24, 2.45) is 5.92 Å². The van der Waals surface area contributed by atoms with Crippen LogP contribution in [0.25, 0.3) is 11.0 Å². The first kappa shape index (κ1) is 21.1. The third-order valence-electron chi connectivity index (χ3n) is 5.06. The summed E-state index contributed by atoms with van der Waals surface area (Å²) in [7, 11) is 0. The highest BCUT2D eigenvalue weighted by Crippen LogP contribution is 2.36. The van der Waals surface area contributed by atoms with Gasteiger partial charge in [0.2, 0.25) is 5.91 Å². The Balaban J connectivity index is 1.78. The molecular weight excluding hydrogens is 389 g/mol. The molecule has 7 nitrogen and oxygen atoms in total. The van der Waals surface area contributed by atoms with Crippen LogP contribution in [0.3, 0.4) is 0 Å². The van der Waals surface area contributed by atoms with Crippen molar-refractivity contribution >= 4 is 22.9 Å². The van der Waals surface area contributed by atoms with Gasteiger partial charge < -0.3 is 9.64 Å². The maximum Gasteiger partial charge on any atom is 0.417 e. The van der Waals surface area contributed by atoms with Gasteiger partial charge >= 0.3 is 12.1 Å². The summed E-state index contributed by atoms with van der Waals surface area (Å²) in [6.45, 7) is 5.58. The normalized spacial score (nSPS) is 15.7. The van der Waals surface area contributed by atoms with Gasteiger partial charge in [-0.1, -0.05) is 0 Å². The summed E-state index contributed by atoms with van der Waals surface area (Å²) >= 11 is 0. The number of carbonyl (C=O) groups is 2. The lowest BCUT2D eigenvalue weighted by molar-refractivity contribution is -0.151. The Morgan fingerprint density at radius 2 is 1.90 bits per heavy atom. The van der Waals surface area contributed by atoms with Crippen LogP contribution in [-0.2, 0) is 27.0 Å². The molecule has 1 amide bonds. The molecule has 10 heteroatoms. The highest BCUT2D eigenvalue weighted by atomic mass is 19.4. The number of hydrogen-bond donors (Lipinski definition) is 0. The van der Waals surface area contributed by atoms with E-state index >= 15 is 0 Å². The van der Waals surface area contributed by atoms with Crippen molar-refractivity contribution in [1.82, 2.24) is 19.7 Å². The Bertz CT molecular complexity index is 931. The molecule has 0 saturated carbocycles. The van der Waals surface area contributed by atoms with Gasteiger partial charge in [0, 0.05) is 18.8 Å². The third-order valence-corrected chi connectivity index (χ3v) is 5.06. The van der Waals surface area contributed by atoms with Crippen LogP contribution in [0.4, 0.5) is 13.2 Å². The molecule has 0 aliphatic carbocycles. The van der Waals surface area contributed by atoms with E-state index in [1.807, 2.05) is 0 Å². The van der Waals surface area contributed by atoms with Gasteiger partial charge in [-0.2, -0.15) is 18.3 Å². The predicted octanol–water partition coefficient (Wildman–Crippen LogP) is 2.87. The van der Waals surface area contributed by atoms with E-state index < -0.39 is 11.7 Å². The maximum atomic E-state index is 13.4. The molecule has 2 aromatic heterocycles. The number of aryl methyl sites for hydroxylation is 2. The second kappa shape index (κ2) is 8.00. The van der Waals surface area contributed by atoms with Gasteiger partial charge in [-0.15, -0.1) is 0 Å². The van der Waals surface area contributed by atoms with Crippen LogP contribution in [0.15, 0.2) is 6.07 Å². The summed E-state index contributed by atoms with van der Waals surface area (Å²) in [5.41, 5.74) is -0.377. The molecule has 0 bridgehead atoms. The molecule has 29 heavy (non-hydrogen) atoms. The van der Waals surface area contributed by atoms with Crippen LogP contribution >= 0.6 is 0 Å². The zero-order valence-electron chi connectivity index (χ0n) is 16.5. The minimum atomic E-state index is -4.54. The predicted molar refractivity (Wildman–Crippen MR) is 97.9 cm³/mol. The van der Waals surface area contributed by atoms with Crippen molar-refractivity contribution in [1.29, 1.82) is 0 Å². The van der Waals surface area contributed by atoms with E-state index in [0.29, 0.717) is 32.5 Å². The van der Waals surface area contributed by atoms with Gasteiger partial charge in [0.25, 0.3) is 0 Å². The van der Waals surface area contributed by atoms with E-state index in [1.54, 1.807) is 11.8 Å². The number of aromatic nitrogens is 3. The molecular formula is C19H23F3N4O3. The van der Waals surface area contributed by atoms with Crippen molar-refractivity contribution < 1.29 is 27.5 Å². The number of amides is 1. The minimum absolute atomic E-state index is 0.0459. The molecule has 3 rings (SSSR count). The number of nitrogens with zero attached hydrogens (tertiary/aromatic N) is 4. The van der Waals surface area contributed by atoms with Crippen molar-refractivity contribution in [2.75, 3.05) is 19.7 Å². The highest BCUT2D eigenvalue weighted by molar-refractivity contribution is 5.85. The molecule has 1 fully saturated rings. The number of carbonyl (C=O) groups excluding carboxylic acids is 2. The van der Waals surface area contributed by atoms with Crippen molar-refractivity contribution in [2.45, 2.75) is 46.3 Å². The number of fused-ring (bicyclic) bond motifs is 1. The lowest BCUT2D eigenvalue weighted by Crippen LogP contribution is -2.42. The lowest BCUT2D eigenvalue weighted by atomic mass is 9.97. The Hall–Kier alpha value is -2.65. The fourth-order valence-electron chi connectivity index (χ4n) is 3.67. The Labute approximate surface area is 165 Å². The standard InChI is InChI=1S/C19H23F3N4O3/c1-4-29-18(28)13-5-7-25(8-6-13)15(27)10-26-17-16(12(3)24-26)14(19(20,21)22)9-11(2)23-17/h9,13H,4-8,10H2,1-3H3. The lowest BCUT2D eigenvalue weighted by Gasteiger charge is -2.30. The first-order valence-corrected chi connectivity index (χ1v) is 9.48. The Kier molecular flexibility index (Phi) is 5.81. The molecule has 3 heterocycles. The minimum Gasteiger partial charge on any atom is -0.466 e. The van der Waals surface area contributed by atoms with Gasteiger partial charge in [0.05, 0.1) is 29.2 Å². The molecule has 2 aromatic rings. The second-order valence-corrected chi connectivity index (χ2v) is 7.16. The Morgan fingerprint density at radius 1 is 1.24 bits per heavy atom. The van der Waals surface area contributed by atoms with Crippen LogP contribution in [-0.4, -0.2) is 51.2 Å². The van der Waals surface area contributed by atoms with E-state index in [2.05, 4.69) is 10.1 Å². The largest absolute Gasteiger partial charge is 0.466 e. The number of hydrogen-bond acceptors (Lipinski definition) is 5. The number of likely N-dealkylation sites (tertiary alicyclic amines) is 1. The molecule has 0 spiro atoms. The number of esters is 1. The number of halogens is 3. The molecule has 1 aliphatic rings. The van der Waals surface area contributed by atoms with Crippen molar-refractivity contribution in [3.8, 4) is 0 Å². The highest BCUT2D eigenvalue weighted by Gasteiger charge is 2.35. The van der Waals surface area contributed by atoms with E-state index in [4.69, 9.17) is 4.74 Å². The average Bonchev–Trinajstić information content (AvgIpc) is 2.95. The molecule has 0 N–H and O–H groups in total. The quantitative estimate of drug-likeness (QED) is 0.722. The van der Waals surface area contributed by atoms with Crippen LogP contribution in [0.2, 0.25) is 0 Å². The molecule has 0 atom stereocenters. The van der Waals surface area contributed by atoms with Gasteiger partial charge in [0.1, 0.15) is 6.54 Å². The van der Waals surface area contributed by atoms with Crippen molar-refractivity contribution in [3.05, 3.63) is 23.0 Å². The van der Waals surface area contributed by atoms with Crippen LogP contribution < -0.4 is 0 Å². The zero-order chi connectivity index (χ0) is 21.3. The van der Waals surface area contributed by atoms with E-state index in [0.717, 1.165) is 6.07 Å². The maximum absolute atomic E-state index is 13.4. The fourth-order valence-corrected chi connectivity index (χ4v) is 3.67. The summed E-state index contributed by atoms with van der Waals surface area (Å²) in [5, 5.41) is 4.05. The van der Waals surface area contributed by atoms with E-state index in [-0.39, 0.29) is 46.8 Å². The molecule has 0 radical (unpaired) electrons. The number of piperidine rings is 1. The van der Waals surface area contributed by atoms with Gasteiger partial charge in [-0.25, -0.2) is 9.67 Å². The smallest absolute Gasteiger partial charge is 0.417 e. The fraction of sp³-hybridized carbons (Fsp3) is 0.579. The SMILES string of the molecule is CCOC(=O)C1CCN(C(=O)Cn2nc(C)c3c(C(F)(F)F)cc(C)nc32)CC1. The van der Waals surface area contributed by atoms with Gasteiger partial charge in [0.15, 0.2) is 5.65 Å². The summed E-state index contributed by atoms with van der Waals surface area (Å²) in [6.07, 6.45) is -3.54. The monoisotopic (exact) mass is 412 g/mol. The summed E-state index contributed by atoms with van der Waals surface area (Å²) in [6, 6.07) is 0.989. The number of ether oxygens (including phenoxy) is 1. The molecule has 1 saturated heterocycles. The van der Waals surface area contributed by atoms with Gasteiger partial charge in [-0.05, 0) is 39.7 Å². The second-order valence-electron chi connectivity index (χ2n) is 7.16. The number of alkyl halides is 3. The zero-order valence-corrected chi connectivity index (χ0v) is 16.5. The summed E-state index contributed by atoms with van der Waals surface area (Å²) in [4.78, 5) is 30.3. The number of pyridine rings is 1. The van der Waals surface area contributed by atoms with Crippen molar-refractivity contribution in [3.63, 3.8) is 0 Å². The molecule has 1 aliphatic heterocycles. The number of rotatable bonds is 4. The molecule has 0 unspecified atom stereocenters. The topological polar surface area (TPSA) is 77.3 Å².